The molecule has 0 N–H and O–H groups in total. The Morgan fingerprint density at radius 3 is 2.82 bits per heavy atom. The maximum atomic E-state index is 4.44. The second-order valence-electron chi connectivity index (χ2n) is 4.35. The van der Waals surface area contributed by atoms with Crippen molar-refractivity contribution in [2.45, 2.75) is 13.5 Å². The number of aryl methyl sites for hydroxylation is 1. The molecule has 0 bridgehead atoms. The highest BCUT2D eigenvalue weighted by atomic mass is 15.3. The monoisotopic (exact) mass is 222 g/mol. The smallest absolute Gasteiger partial charge is 0.0686 e. The first-order valence-electron chi connectivity index (χ1n) is 5.79. The first-order valence-corrected chi connectivity index (χ1v) is 5.79. The van der Waals surface area contributed by atoms with Crippen LogP contribution in [0.15, 0.2) is 54.7 Å². The Bertz CT molecular complexity index is 653. The normalized spacial score (nSPS) is 10.9. The molecule has 0 unspecified atom stereocenters. The van der Waals surface area contributed by atoms with Crippen molar-refractivity contribution in [1.29, 1.82) is 0 Å². The van der Waals surface area contributed by atoms with Crippen LogP contribution in [0.25, 0.3) is 10.9 Å². The molecular weight excluding hydrogens is 208 g/mol. The summed E-state index contributed by atoms with van der Waals surface area (Å²) in [5.41, 5.74) is 3.77. The number of hydrogen-bond acceptors (Lipinski definition) is 1. The van der Waals surface area contributed by atoms with Crippen molar-refractivity contribution < 1.29 is 0 Å². The summed E-state index contributed by atoms with van der Waals surface area (Å²) in [4.78, 5) is 0. The van der Waals surface area contributed by atoms with Crippen LogP contribution in [0, 0.1) is 6.92 Å². The predicted molar refractivity (Wildman–Crippen MR) is 70.0 cm³/mol. The molecule has 0 aliphatic heterocycles. The number of benzene rings is 2. The molecule has 0 radical (unpaired) electrons. The van der Waals surface area contributed by atoms with Gasteiger partial charge in [0.2, 0.25) is 0 Å². The summed E-state index contributed by atoms with van der Waals surface area (Å²) >= 11 is 0. The molecule has 17 heavy (non-hydrogen) atoms. The van der Waals surface area contributed by atoms with Gasteiger partial charge in [-0.05, 0) is 18.6 Å². The minimum absolute atomic E-state index is 0.829. The van der Waals surface area contributed by atoms with Crippen LogP contribution < -0.4 is 0 Å². The summed E-state index contributed by atoms with van der Waals surface area (Å²) in [6.45, 7) is 2.94. The van der Waals surface area contributed by atoms with Crippen molar-refractivity contribution in [3.63, 3.8) is 0 Å². The molecule has 0 aliphatic rings. The zero-order valence-electron chi connectivity index (χ0n) is 9.80. The van der Waals surface area contributed by atoms with Crippen molar-refractivity contribution in [3.05, 3.63) is 65.9 Å². The van der Waals surface area contributed by atoms with Crippen LogP contribution in [-0.2, 0) is 6.54 Å². The van der Waals surface area contributed by atoms with Crippen LogP contribution in [0.3, 0.4) is 0 Å². The maximum Gasteiger partial charge on any atom is 0.0686 e. The Morgan fingerprint density at radius 2 is 1.94 bits per heavy atom. The summed E-state index contributed by atoms with van der Waals surface area (Å²) in [7, 11) is 0. The molecule has 1 heterocycles. The van der Waals surface area contributed by atoms with E-state index in [1.807, 2.05) is 16.9 Å². The molecule has 0 saturated carbocycles. The van der Waals surface area contributed by atoms with Crippen LogP contribution in [0.4, 0.5) is 0 Å². The number of aromatic nitrogens is 2. The van der Waals surface area contributed by atoms with Gasteiger partial charge in [0.15, 0.2) is 0 Å². The van der Waals surface area contributed by atoms with Gasteiger partial charge in [-0.3, -0.25) is 4.68 Å². The fraction of sp³-hybridized carbons (Fsp3) is 0.133. The quantitative estimate of drug-likeness (QED) is 0.650. The average molecular weight is 222 g/mol. The second-order valence-corrected chi connectivity index (χ2v) is 4.35. The van der Waals surface area contributed by atoms with Gasteiger partial charge in [-0.1, -0.05) is 48.0 Å². The summed E-state index contributed by atoms with van der Waals surface area (Å²) in [5.74, 6) is 0. The van der Waals surface area contributed by atoms with Gasteiger partial charge in [-0.25, -0.2) is 0 Å². The van der Waals surface area contributed by atoms with Crippen LogP contribution in [-0.4, -0.2) is 9.78 Å². The lowest BCUT2D eigenvalue weighted by molar-refractivity contribution is 0.712. The van der Waals surface area contributed by atoms with Gasteiger partial charge in [0, 0.05) is 5.39 Å². The maximum absolute atomic E-state index is 4.44. The summed E-state index contributed by atoms with van der Waals surface area (Å²) in [6.07, 6.45) is 1.92. The highest BCUT2D eigenvalue weighted by Gasteiger charge is 2.02. The molecule has 0 aliphatic carbocycles. The average Bonchev–Trinajstić information content (AvgIpc) is 2.73. The van der Waals surface area contributed by atoms with Crippen molar-refractivity contribution in [2.24, 2.45) is 0 Å². The largest absolute Gasteiger partial charge is 0.260 e. The number of para-hydroxylation sites is 1. The molecule has 3 aromatic rings. The fourth-order valence-electron chi connectivity index (χ4n) is 2.14. The first-order chi connectivity index (χ1) is 8.33. The van der Waals surface area contributed by atoms with Crippen molar-refractivity contribution in [3.8, 4) is 0 Å². The van der Waals surface area contributed by atoms with Gasteiger partial charge in [-0.2, -0.15) is 5.10 Å². The van der Waals surface area contributed by atoms with Gasteiger partial charge < -0.3 is 0 Å². The van der Waals surface area contributed by atoms with E-state index in [9.17, 15) is 0 Å². The van der Waals surface area contributed by atoms with Gasteiger partial charge in [0.05, 0.1) is 18.3 Å². The third-order valence-electron chi connectivity index (χ3n) is 2.97. The van der Waals surface area contributed by atoms with E-state index < -0.39 is 0 Å². The Hall–Kier alpha value is -2.09. The SMILES string of the molecule is Cc1cccc(Cn2ncc3ccccc32)c1. The summed E-state index contributed by atoms with van der Waals surface area (Å²) in [6, 6.07) is 16.9. The minimum atomic E-state index is 0.829. The van der Waals surface area contributed by atoms with E-state index >= 15 is 0 Å². The van der Waals surface area contributed by atoms with Gasteiger partial charge in [-0.15, -0.1) is 0 Å². The molecule has 2 nitrogen and oxygen atoms in total. The Morgan fingerprint density at radius 1 is 1.06 bits per heavy atom. The lowest BCUT2D eigenvalue weighted by Crippen LogP contribution is -2.01. The van der Waals surface area contributed by atoms with E-state index in [1.54, 1.807) is 0 Å². The third-order valence-corrected chi connectivity index (χ3v) is 2.97. The lowest BCUT2D eigenvalue weighted by Gasteiger charge is -2.04. The van der Waals surface area contributed by atoms with E-state index in [4.69, 9.17) is 0 Å². The van der Waals surface area contributed by atoms with E-state index in [0.29, 0.717) is 0 Å². The highest BCUT2D eigenvalue weighted by molar-refractivity contribution is 5.78. The zero-order valence-corrected chi connectivity index (χ0v) is 9.80. The minimum Gasteiger partial charge on any atom is -0.260 e. The summed E-state index contributed by atoms with van der Waals surface area (Å²) in [5, 5.41) is 5.63. The van der Waals surface area contributed by atoms with Gasteiger partial charge >= 0.3 is 0 Å². The molecular formula is C15H14N2. The fourth-order valence-corrected chi connectivity index (χ4v) is 2.14. The molecule has 84 valence electrons. The number of rotatable bonds is 2. The van der Waals surface area contributed by atoms with E-state index in [1.165, 1.54) is 22.0 Å². The highest BCUT2D eigenvalue weighted by Crippen LogP contribution is 2.14. The third kappa shape index (κ3) is 1.94. The molecule has 1 aromatic heterocycles. The van der Waals surface area contributed by atoms with E-state index in [-0.39, 0.29) is 0 Å². The van der Waals surface area contributed by atoms with Crippen molar-refractivity contribution in [1.82, 2.24) is 9.78 Å². The second kappa shape index (κ2) is 4.06. The number of hydrogen-bond donors (Lipinski definition) is 0. The molecule has 0 amide bonds. The molecule has 0 fully saturated rings. The van der Waals surface area contributed by atoms with E-state index in [0.717, 1.165) is 6.54 Å². The standard InChI is InChI=1S/C15H14N2/c1-12-5-4-6-13(9-12)11-17-15-8-3-2-7-14(15)10-16-17/h2-10H,11H2,1H3. The molecule has 0 saturated heterocycles. The lowest BCUT2D eigenvalue weighted by atomic mass is 10.1. The molecule has 2 heteroatoms. The van der Waals surface area contributed by atoms with Gasteiger partial charge in [0.1, 0.15) is 0 Å². The van der Waals surface area contributed by atoms with Crippen molar-refractivity contribution in [2.75, 3.05) is 0 Å². The van der Waals surface area contributed by atoms with Crippen LogP contribution in [0.5, 0.6) is 0 Å². The molecule has 0 atom stereocenters. The topological polar surface area (TPSA) is 17.8 Å². The Labute approximate surface area is 101 Å². The Balaban J connectivity index is 2.00. The molecule has 2 aromatic carbocycles. The zero-order chi connectivity index (χ0) is 11.7. The van der Waals surface area contributed by atoms with Gasteiger partial charge in [0.25, 0.3) is 0 Å². The van der Waals surface area contributed by atoms with E-state index in [2.05, 4.69) is 54.5 Å². The molecule has 0 spiro atoms. The van der Waals surface area contributed by atoms with Crippen LogP contribution >= 0.6 is 0 Å². The Kier molecular flexibility index (Phi) is 2.41. The number of nitrogens with zero attached hydrogens (tertiary/aromatic N) is 2. The molecule has 3 rings (SSSR count). The van der Waals surface area contributed by atoms with Crippen molar-refractivity contribution >= 4 is 10.9 Å². The van der Waals surface area contributed by atoms with Crippen LogP contribution in [0.1, 0.15) is 11.1 Å². The number of fused-ring (bicyclic) bond motifs is 1. The summed E-state index contributed by atoms with van der Waals surface area (Å²) < 4.78 is 2.05. The predicted octanol–water partition coefficient (Wildman–Crippen LogP) is 3.39. The van der Waals surface area contributed by atoms with Crippen LogP contribution in [0.2, 0.25) is 0 Å². The first kappa shape index (κ1) is 10.1.